The second-order valence-electron chi connectivity index (χ2n) is 3.41. The molecular weight excluding hydrogens is 174 g/mol. The molecule has 0 aromatic carbocycles. The number of aromatic nitrogens is 3. The van der Waals surface area contributed by atoms with Gasteiger partial charge in [0.1, 0.15) is 0 Å². The van der Waals surface area contributed by atoms with E-state index in [0.29, 0.717) is 0 Å². The van der Waals surface area contributed by atoms with Gasteiger partial charge >= 0.3 is 0 Å². The number of hydrogen-bond donors (Lipinski definition) is 1. The first-order chi connectivity index (χ1) is 6.77. The molecule has 0 saturated heterocycles. The topological polar surface area (TPSA) is 41.6 Å². The van der Waals surface area contributed by atoms with E-state index in [9.17, 15) is 0 Å². The summed E-state index contributed by atoms with van der Waals surface area (Å²) in [5.74, 6) is 0. The summed E-state index contributed by atoms with van der Waals surface area (Å²) in [6.45, 7) is 4.06. The van der Waals surface area contributed by atoms with Gasteiger partial charge < -0.3 is 0 Å². The summed E-state index contributed by atoms with van der Waals surface area (Å²) < 4.78 is 0. The molecule has 2 aromatic heterocycles. The van der Waals surface area contributed by atoms with E-state index in [1.807, 2.05) is 38.2 Å². The zero-order valence-corrected chi connectivity index (χ0v) is 8.41. The maximum Gasteiger partial charge on any atom is 0.0629 e. The number of hydrogen-bond acceptors (Lipinski definition) is 2. The van der Waals surface area contributed by atoms with Crippen molar-refractivity contribution in [3.63, 3.8) is 0 Å². The molecule has 2 heterocycles. The summed E-state index contributed by atoms with van der Waals surface area (Å²) in [5, 5.41) is 7.14. The van der Waals surface area contributed by atoms with Gasteiger partial charge in [-0.3, -0.25) is 10.1 Å². The smallest absolute Gasteiger partial charge is 0.0629 e. The van der Waals surface area contributed by atoms with Crippen molar-refractivity contribution in [2.45, 2.75) is 20.3 Å². The van der Waals surface area contributed by atoms with Crippen molar-refractivity contribution in [3.05, 3.63) is 47.0 Å². The molecule has 2 rings (SSSR count). The summed E-state index contributed by atoms with van der Waals surface area (Å²) in [4.78, 5) is 4.29. The van der Waals surface area contributed by atoms with Crippen molar-refractivity contribution >= 4 is 0 Å². The van der Waals surface area contributed by atoms with Gasteiger partial charge in [-0.05, 0) is 26.0 Å². The number of aromatic amines is 1. The quantitative estimate of drug-likeness (QED) is 0.781. The molecule has 0 unspecified atom stereocenters. The molecule has 0 radical (unpaired) electrons. The fourth-order valence-corrected chi connectivity index (χ4v) is 1.52. The molecule has 0 saturated carbocycles. The molecule has 0 fully saturated rings. The van der Waals surface area contributed by atoms with Crippen LogP contribution in [-0.4, -0.2) is 15.2 Å². The van der Waals surface area contributed by atoms with Gasteiger partial charge in [0.2, 0.25) is 0 Å². The fraction of sp³-hybridized carbons (Fsp3) is 0.273. The number of nitrogens with one attached hydrogen (secondary N) is 1. The third-order valence-electron chi connectivity index (χ3n) is 2.36. The highest BCUT2D eigenvalue weighted by Crippen LogP contribution is 2.13. The van der Waals surface area contributed by atoms with Crippen LogP contribution in [0.5, 0.6) is 0 Å². The van der Waals surface area contributed by atoms with Crippen molar-refractivity contribution < 1.29 is 0 Å². The maximum atomic E-state index is 4.29. The Labute approximate surface area is 83.2 Å². The SMILES string of the molecule is Cc1n[nH]c(C)c1Cc1ccccn1. The average Bonchev–Trinajstić information content (AvgIpc) is 2.51. The van der Waals surface area contributed by atoms with E-state index in [2.05, 4.69) is 15.2 Å². The van der Waals surface area contributed by atoms with Gasteiger partial charge in [-0.2, -0.15) is 5.10 Å². The molecule has 0 aliphatic carbocycles. The first-order valence-electron chi connectivity index (χ1n) is 4.67. The molecule has 0 spiro atoms. The lowest BCUT2D eigenvalue weighted by Gasteiger charge is -1.99. The van der Waals surface area contributed by atoms with Crippen LogP contribution in [0.1, 0.15) is 22.6 Å². The standard InChI is InChI=1S/C11H13N3/c1-8-11(9(2)14-13-8)7-10-5-3-4-6-12-10/h3-6H,7H2,1-2H3,(H,13,14). The van der Waals surface area contributed by atoms with Gasteiger partial charge in [-0.25, -0.2) is 0 Å². The lowest BCUT2D eigenvalue weighted by atomic mass is 10.1. The van der Waals surface area contributed by atoms with Crippen LogP contribution in [0.4, 0.5) is 0 Å². The number of rotatable bonds is 2. The van der Waals surface area contributed by atoms with Crippen molar-refractivity contribution in [2.75, 3.05) is 0 Å². The second kappa shape index (κ2) is 3.62. The lowest BCUT2D eigenvalue weighted by Crippen LogP contribution is -1.93. The molecule has 0 bridgehead atoms. The molecule has 3 nitrogen and oxygen atoms in total. The highest BCUT2D eigenvalue weighted by atomic mass is 15.1. The largest absolute Gasteiger partial charge is 0.282 e. The molecule has 0 aliphatic rings. The third-order valence-corrected chi connectivity index (χ3v) is 2.36. The van der Waals surface area contributed by atoms with Crippen LogP contribution in [0.25, 0.3) is 0 Å². The molecular formula is C11H13N3. The Balaban J connectivity index is 2.27. The summed E-state index contributed by atoms with van der Waals surface area (Å²) in [6.07, 6.45) is 2.68. The number of nitrogens with zero attached hydrogens (tertiary/aromatic N) is 2. The minimum absolute atomic E-state index is 0.856. The lowest BCUT2D eigenvalue weighted by molar-refractivity contribution is 1.02. The van der Waals surface area contributed by atoms with Gasteiger partial charge in [0.15, 0.2) is 0 Å². The molecule has 1 N–H and O–H groups in total. The summed E-state index contributed by atoms with van der Waals surface area (Å²) in [6, 6.07) is 5.97. The Kier molecular flexibility index (Phi) is 2.31. The van der Waals surface area contributed by atoms with E-state index in [1.165, 1.54) is 5.56 Å². The molecule has 0 atom stereocenters. The Bertz CT molecular complexity index is 398. The van der Waals surface area contributed by atoms with Gasteiger partial charge in [0, 0.05) is 29.6 Å². The highest BCUT2D eigenvalue weighted by Gasteiger charge is 2.06. The van der Waals surface area contributed by atoms with Crippen LogP contribution in [0.15, 0.2) is 24.4 Å². The minimum Gasteiger partial charge on any atom is -0.282 e. The van der Waals surface area contributed by atoms with E-state index in [1.54, 1.807) is 0 Å². The van der Waals surface area contributed by atoms with Crippen LogP contribution >= 0.6 is 0 Å². The van der Waals surface area contributed by atoms with E-state index >= 15 is 0 Å². The molecule has 2 aromatic rings. The van der Waals surface area contributed by atoms with Crippen LogP contribution < -0.4 is 0 Å². The molecule has 72 valence electrons. The Morgan fingerprint density at radius 3 is 2.71 bits per heavy atom. The van der Waals surface area contributed by atoms with E-state index in [-0.39, 0.29) is 0 Å². The van der Waals surface area contributed by atoms with Crippen LogP contribution in [0.2, 0.25) is 0 Å². The number of pyridine rings is 1. The molecule has 3 heteroatoms. The Hall–Kier alpha value is -1.64. The van der Waals surface area contributed by atoms with Crippen molar-refractivity contribution in [3.8, 4) is 0 Å². The first-order valence-corrected chi connectivity index (χ1v) is 4.67. The fourth-order valence-electron chi connectivity index (χ4n) is 1.52. The van der Waals surface area contributed by atoms with Gasteiger partial charge in [0.25, 0.3) is 0 Å². The van der Waals surface area contributed by atoms with Gasteiger partial charge in [-0.1, -0.05) is 6.07 Å². The van der Waals surface area contributed by atoms with Gasteiger partial charge in [0.05, 0.1) is 5.69 Å². The number of H-pyrrole nitrogens is 1. The first kappa shape index (κ1) is 8.94. The zero-order valence-electron chi connectivity index (χ0n) is 8.41. The predicted molar refractivity (Wildman–Crippen MR) is 55.1 cm³/mol. The van der Waals surface area contributed by atoms with Crippen molar-refractivity contribution in [2.24, 2.45) is 0 Å². The Morgan fingerprint density at radius 1 is 1.29 bits per heavy atom. The van der Waals surface area contributed by atoms with Crippen molar-refractivity contribution in [1.82, 2.24) is 15.2 Å². The monoisotopic (exact) mass is 187 g/mol. The van der Waals surface area contributed by atoms with E-state index in [4.69, 9.17) is 0 Å². The van der Waals surface area contributed by atoms with E-state index in [0.717, 1.165) is 23.5 Å². The van der Waals surface area contributed by atoms with E-state index < -0.39 is 0 Å². The predicted octanol–water partition coefficient (Wildman–Crippen LogP) is 2.01. The maximum absolute atomic E-state index is 4.29. The van der Waals surface area contributed by atoms with Crippen LogP contribution in [0, 0.1) is 13.8 Å². The minimum atomic E-state index is 0.856. The van der Waals surface area contributed by atoms with Crippen LogP contribution in [0.3, 0.4) is 0 Å². The number of aryl methyl sites for hydroxylation is 2. The second-order valence-corrected chi connectivity index (χ2v) is 3.41. The third kappa shape index (κ3) is 1.66. The highest BCUT2D eigenvalue weighted by molar-refractivity contribution is 5.28. The van der Waals surface area contributed by atoms with Gasteiger partial charge in [-0.15, -0.1) is 0 Å². The normalized spacial score (nSPS) is 10.4. The van der Waals surface area contributed by atoms with Crippen LogP contribution in [-0.2, 0) is 6.42 Å². The summed E-state index contributed by atoms with van der Waals surface area (Å²) in [7, 11) is 0. The molecule has 14 heavy (non-hydrogen) atoms. The average molecular weight is 187 g/mol. The summed E-state index contributed by atoms with van der Waals surface area (Å²) in [5.41, 5.74) is 4.53. The molecule has 0 amide bonds. The zero-order chi connectivity index (χ0) is 9.97. The summed E-state index contributed by atoms with van der Waals surface area (Å²) >= 11 is 0. The Morgan fingerprint density at radius 2 is 2.14 bits per heavy atom. The molecule has 0 aliphatic heterocycles. The van der Waals surface area contributed by atoms with Crippen molar-refractivity contribution in [1.29, 1.82) is 0 Å².